The van der Waals surface area contributed by atoms with E-state index in [4.69, 9.17) is 5.11 Å². The molecule has 1 heterocycles. The molecule has 164 valence electrons. The van der Waals surface area contributed by atoms with Crippen molar-refractivity contribution in [2.75, 3.05) is 10.2 Å². The summed E-state index contributed by atoms with van der Waals surface area (Å²) in [5.74, 6) is -2.40. The highest BCUT2D eigenvalue weighted by Crippen LogP contribution is 2.60. The topological polar surface area (TPSA) is 104 Å². The molecule has 6 atom stereocenters. The Balaban J connectivity index is 1.39. The van der Waals surface area contributed by atoms with Gasteiger partial charge >= 0.3 is 5.97 Å². The average molecular weight is 562 g/mol. The van der Waals surface area contributed by atoms with Crippen molar-refractivity contribution in [3.63, 3.8) is 0 Å². The molecule has 3 aliphatic rings. The van der Waals surface area contributed by atoms with Crippen molar-refractivity contribution < 1.29 is 24.3 Å². The Kier molecular flexibility index (Phi) is 5.21. The smallest absolute Gasteiger partial charge is 0.335 e. The van der Waals surface area contributed by atoms with Crippen LogP contribution in [0.15, 0.2) is 48.5 Å². The number of benzene rings is 2. The van der Waals surface area contributed by atoms with E-state index < -0.39 is 11.9 Å². The van der Waals surface area contributed by atoms with Crippen LogP contribution in [0.2, 0.25) is 0 Å². The van der Waals surface area contributed by atoms with E-state index in [1.807, 2.05) is 0 Å². The number of fused-ring (bicyclic) bond motifs is 5. The molecule has 0 unspecified atom stereocenters. The summed E-state index contributed by atoms with van der Waals surface area (Å²) in [5.41, 5.74) is 1.03. The maximum atomic E-state index is 13.2. The lowest BCUT2D eigenvalue weighted by molar-refractivity contribution is -0.123. The standard InChI is InChI=1S/C23H18Br2N2O5/c24-18-14-9-15(19(18)25)17-16(14)21(29)27(22(17)30)13-6-2-3-10(8-13)20(28)26-12-5-1-4-11(7-12)23(31)32/h1-8,14-19H,9H2,(H,26,28)(H,31,32)/t14-,15-,16-,17+,18+,19+/m1/s1. The fourth-order valence-electron chi connectivity index (χ4n) is 5.32. The largest absolute Gasteiger partial charge is 0.478 e. The number of nitrogens with one attached hydrogen (secondary N) is 1. The van der Waals surface area contributed by atoms with Gasteiger partial charge in [-0.2, -0.15) is 0 Å². The molecular weight excluding hydrogens is 544 g/mol. The molecule has 3 fully saturated rings. The molecule has 0 radical (unpaired) electrons. The number of imide groups is 1. The fraction of sp³-hybridized carbons (Fsp3) is 0.304. The molecule has 7 nitrogen and oxygen atoms in total. The first-order chi connectivity index (χ1) is 15.3. The number of hydrogen-bond donors (Lipinski definition) is 2. The number of anilines is 2. The minimum absolute atomic E-state index is 0.0566. The Morgan fingerprint density at radius 3 is 2.12 bits per heavy atom. The summed E-state index contributed by atoms with van der Waals surface area (Å²) in [5, 5.41) is 11.8. The molecule has 0 aromatic heterocycles. The van der Waals surface area contributed by atoms with E-state index in [0.29, 0.717) is 11.4 Å². The Bertz CT molecular complexity index is 1140. The van der Waals surface area contributed by atoms with E-state index in [9.17, 15) is 19.2 Å². The molecule has 1 aliphatic heterocycles. The molecule has 2 bridgehead atoms. The summed E-state index contributed by atoms with van der Waals surface area (Å²) in [6, 6.07) is 12.3. The van der Waals surface area contributed by atoms with Crippen LogP contribution in [-0.4, -0.2) is 38.5 Å². The number of carbonyl (C=O) groups is 4. The van der Waals surface area contributed by atoms with Crippen molar-refractivity contribution in [1.29, 1.82) is 0 Å². The Morgan fingerprint density at radius 2 is 1.50 bits per heavy atom. The SMILES string of the molecule is O=C(O)c1cccc(NC(=O)c2cccc(N3C(=O)[C@@H]4[C@H]5C[C@@H]([C@H](Br)[C@H]5Br)[C@@H]4C3=O)c2)c1. The van der Waals surface area contributed by atoms with E-state index in [0.717, 1.165) is 6.42 Å². The number of amides is 3. The van der Waals surface area contributed by atoms with Crippen molar-refractivity contribution in [2.45, 2.75) is 16.1 Å². The highest BCUT2D eigenvalue weighted by molar-refractivity contribution is 9.12. The number of carboxylic acids is 1. The van der Waals surface area contributed by atoms with E-state index >= 15 is 0 Å². The van der Waals surface area contributed by atoms with Crippen molar-refractivity contribution in [3.8, 4) is 0 Å². The molecule has 2 aliphatic carbocycles. The molecule has 9 heteroatoms. The normalized spacial score (nSPS) is 30.5. The summed E-state index contributed by atoms with van der Waals surface area (Å²) in [6.07, 6.45) is 0.852. The lowest BCUT2D eigenvalue weighted by Gasteiger charge is -2.28. The van der Waals surface area contributed by atoms with Gasteiger partial charge in [0.25, 0.3) is 5.91 Å². The van der Waals surface area contributed by atoms with Gasteiger partial charge < -0.3 is 10.4 Å². The van der Waals surface area contributed by atoms with Gasteiger partial charge in [0.05, 0.1) is 23.1 Å². The number of nitrogens with zero attached hydrogens (tertiary/aromatic N) is 1. The van der Waals surface area contributed by atoms with Crippen LogP contribution in [0.3, 0.4) is 0 Å². The van der Waals surface area contributed by atoms with Crippen LogP contribution in [0.1, 0.15) is 27.1 Å². The second kappa shape index (κ2) is 7.81. The highest BCUT2D eigenvalue weighted by atomic mass is 79.9. The predicted molar refractivity (Wildman–Crippen MR) is 124 cm³/mol. The number of rotatable bonds is 4. The molecule has 32 heavy (non-hydrogen) atoms. The van der Waals surface area contributed by atoms with Crippen LogP contribution in [0.5, 0.6) is 0 Å². The third-order valence-electron chi connectivity index (χ3n) is 6.72. The average Bonchev–Trinajstić information content (AvgIpc) is 3.38. The van der Waals surface area contributed by atoms with Crippen molar-refractivity contribution >= 4 is 66.9 Å². The third-order valence-corrected chi connectivity index (χ3v) is 9.93. The van der Waals surface area contributed by atoms with Gasteiger partial charge in [-0.3, -0.25) is 19.3 Å². The van der Waals surface area contributed by atoms with Crippen molar-refractivity contribution in [1.82, 2.24) is 0 Å². The van der Waals surface area contributed by atoms with E-state index in [-0.39, 0.29) is 56.3 Å². The first-order valence-corrected chi connectivity index (χ1v) is 12.0. The zero-order chi connectivity index (χ0) is 22.7. The molecule has 2 N–H and O–H groups in total. The van der Waals surface area contributed by atoms with E-state index in [2.05, 4.69) is 37.2 Å². The zero-order valence-electron chi connectivity index (χ0n) is 16.6. The quantitative estimate of drug-likeness (QED) is 0.435. The summed E-state index contributed by atoms with van der Waals surface area (Å²) in [6.45, 7) is 0. The van der Waals surface area contributed by atoms with E-state index in [1.165, 1.54) is 23.1 Å². The Morgan fingerprint density at radius 1 is 0.906 bits per heavy atom. The predicted octanol–water partition coefficient (Wildman–Crippen LogP) is 3.92. The van der Waals surface area contributed by atoms with E-state index in [1.54, 1.807) is 30.3 Å². The number of carboxylic acid groups (broad SMARTS) is 1. The molecule has 3 amide bonds. The minimum atomic E-state index is -1.09. The van der Waals surface area contributed by atoms with Gasteiger partial charge in [0.2, 0.25) is 11.8 Å². The first-order valence-electron chi connectivity index (χ1n) is 10.2. The Labute approximate surface area is 200 Å². The molecule has 2 saturated carbocycles. The molecular formula is C23H18Br2N2O5. The van der Waals surface area contributed by atoms with Gasteiger partial charge in [-0.25, -0.2) is 4.79 Å². The van der Waals surface area contributed by atoms with Crippen molar-refractivity contribution in [3.05, 3.63) is 59.7 Å². The number of hydrogen-bond acceptors (Lipinski definition) is 4. The number of carbonyl (C=O) groups excluding carboxylic acids is 3. The van der Waals surface area contributed by atoms with Gasteiger partial charge in [0.15, 0.2) is 0 Å². The van der Waals surface area contributed by atoms with Gasteiger partial charge in [-0.05, 0) is 54.7 Å². The van der Waals surface area contributed by atoms with Crippen LogP contribution in [0.4, 0.5) is 11.4 Å². The fourth-order valence-corrected chi connectivity index (χ4v) is 7.20. The molecule has 1 saturated heterocycles. The summed E-state index contributed by atoms with van der Waals surface area (Å²) < 4.78 is 0. The second-order valence-corrected chi connectivity index (χ2v) is 10.5. The Hall–Kier alpha value is -2.52. The first kappa shape index (κ1) is 21.3. The van der Waals surface area contributed by atoms with Crippen LogP contribution in [0, 0.1) is 23.7 Å². The minimum Gasteiger partial charge on any atom is -0.478 e. The van der Waals surface area contributed by atoms with Gasteiger partial charge in [-0.1, -0.05) is 44.0 Å². The third kappa shape index (κ3) is 3.21. The molecule has 5 rings (SSSR count). The van der Waals surface area contributed by atoms with Gasteiger partial charge in [0, 0.05) is 20.9 Å². The molecule has 2 aromatic carbocycles. The lowest BCUT2D eigenvalue weighted by Crippen LogP contribution is -2.37. The summed E-state index contributed by atoms with van der Waals surface area (Å²) in [4.78, 5) is 51.9. The maximum absolute atomic E-state index is 13.2. The number of alkyl halides is 2. The van der Waals surface area contributed by atoms with Crippen LogP contribution >= 0.6 is 31.9 Å². The molecule has 2 aromatic rings. The van der Waals surface area contributed by atoms with Gasteiger partial charge in [0.1, 0.15) is 0 Å². The second-order valence-electron chi connectivity index (χ2n) is 8.41. The highest BCUT2D eigenvalue weighted by Gasteiger charge is 2.66. The summed E-state index contributed by atoms with van der Waals surface area (Å²) >= 11 is 7.36. The van der Waals surface area contributed by atoms with Crippen LogP contribution < -0.4 is 10.2 Å². The van der Waals surface area contributed by atoms with Gasteiger partial charge in [-0.15, -0.1) is 0 Å². The lowest BCUT2D eigenvalue weighted by atomic mass is 9.81. The van der Waals surface area contributed by atoms with Crippen LogP contribution in [-0.2, 0) is 9.59 Å². The molecule has 0 spiro atoms. The maximum Gasteiger partial charge on any atom is 0.335 e. The number of aromatic carboxylic acids is 1. The zero-order valence-corrected chi connectivity index (χ0v) is 19.7. The monoisotopic (exact) mass is 560 g/mol. The van der Waals surface area contributed by atoms with Crippen LogP contribution in [0.25, 0.3) is 0 Å². The summed E-state index contributed by atoms with van der Waals surface area (Å²) in [7, 11) is 0. The number of halogens is 2. The van der Waals surface area contributed by atoms with Crippen molar-refractivity contribution in [2.24, 2.45) is 23.7 Å².